The summed E-state index contributed by atoms with van der Waals surface area (Å²) in [7, 11) is 0. The van der Waals surface area contributed by atoms with E-state index in [1.54, 1.807) is 11.8 Å². The number of carboxylic acid groups (broad SMARTS) is 1. The zero-order valence-corrected chi connectivity index (χ0v) is 11.0. The molecule has 4 nitrogen and oxygen atoms in total. The topological polar surface area (TPSA) is 52.6 Å². The molecule has 1 aliphatic rings. The lowest BCUT2D eigenvalue weighted by atomic mass is 10.2. The Labute approximate surface area is 111 Å². The fourth-order valence-corrected chi connectivity index (χ4v) is 2.97. The maximum atomic E-state index is 11.1. The second kappa shape index (κ2) is 6.78. The zero-order valence-electron chi connectivity index (χ0n) is 10.2. The molecule has 0 aliphatic carbocycles. The summed E-state index contributed by atoms with van der Waals surface area (Å²) >= 11 is 1.77. The number of carboxylic acids is 1. The molecule has 2 rings (SSSR count). The molecule has 0 amide bonds. The smallest absolute Gasteiger partial charge is 0.322 e. The summed E-state index contributed by atoms with van der Waals surface area (Å²) in [6.45, 7) is 3.05. The number of aliphatic carboxylic acids is 1. The third kappa shape index (κ3) is 3.73. The first-order chi connectivity index (χ1) is 8.77. The van der Waals surface area contributed by atoms with Crippen LogP contribution in [0.25, 0.3) is 0 Å². The van der Waals surface area contributed by atoms with Crippen LogP contribution in [0.15, 0.2) is 35.2 Å². The first kappa shape index (κ1) is 13.4. The van der Waals surface area contributed by atoms with E-state index in [0.717, 1.165) is 25.4 Å². The quantitative estimate of drug-likeness (QED) is 0.783. The van der Waals surface area contributed by atoms with E-state index in [4.69, 9.17) is 5.11 Å². The first-order valence-corrected chi connectivity index (χ1v) is 7.11. The highest BCUT2D eigenvalue weighted by molar-refractivity contribution is 7.99. The van der Waals surface area contributed by atoms with Gasteiger partial charge < -0.3 is 10.4 Å². The van der Waals surface area contributed by atoms with Gasteiger partial charge in [0, 0.05) is 36.8 Å². The van der Waals surface area contributed by atoms with Crippen molar-refractivity contribution in [3.63, 3.8) is 0 Å². The number of rotatable bonds is 5. The molecule has 18 heavy (non-hydrogen) atoms. The number of benzene rings is 1. The van der Waals surface area contributed by atoms with E-state index in [9.17, 15) is 4.79 Å². The van der Waals surface area contributed by atoms with Gasteiger partial charge in [-0.25, -0.2) is 0 Å². The molecule has 1 atom stereocenters. The molecule has 5 heteroatoms. The zero-order chi connectivity index (χ0) is 12.8. The van der Waals surface area contributed by atoms with Gasteiger partial charge in [-0.2, -0.15) is 0 Å². The van der Waals surface area contributed by atoms with Crippen molar-refractivity contribution in [3.05, 3.63) is 30.3 Å². The third-order valence-electron chi connectivity index (χ3n) is 3.03. The number of piperazine rings is 1. The molecule has 0 spiro atoms. The summed E-state index contributed by atoms with van der Waals surface area (Å²) < 4.78 is 0. The fraction of sp³-hybridized carbons (Fsp3) is 0.462. The fourth-order valence-electron chi connectivity index (χ4n) is 2.05. The van der Waals surface area contributed by atoms with E-state index in [0.29, 0.717) is 6.54 Å². The molecular weight excluding hydrogens is 248 g/mol. The minimum atomic E-state index is -0.730. The van der Waals surface area contributed by atoms with Crippen molar-refractivity contribution in [2.24, 2.45) is 0 Å². The van der Waals surface area contributed by atoms with Gasteiger partial charge in [-0.1, -0.05) is 18.2 Å². The average molecular weight is 266 g/mol. The van der Waals surface area contributed by atoms with Gasteiger partial charge >= 0.3 is 5.97 Å². The highest BCUT2D eigenvalue weighted by atomic mass is 32.2. The Morgan fingerprint density at radius 1 is 1.44 bits per heavy atom. The van der Waals surface area contributed by atoms with E-state index >= 15 is 0 Å². The average Bonchev–Trinajstić information content (AvgIpc) is 2.40. The summed E-state index contributed by atoms with van der Waals surface area (Å²) in [5.74, 6) is 0.195. The normalized spacial score (nSPS) is 20.8. The summed E-state index contributed by atoms with van der Waals surface area (Å²) in [5.41, 5.74) is 0. The minimum absolute atomic E-state index is 0.380. The van der Waals surface area contributed by atoms with Crippen molar-refractivity contribution in [3.8, 4) is 0 Å². The second-order valence-electron chi connectivity index (χ2n) is 4.26. The molecular formula is C13H18N2O2S. The molecule has 0 aromatic heterocycles. The standard InChI is InChI=1S/C13H18N2O2S/c16-13(17)12-10-14-6-7-15(12)8-9-18-11-4-2-1-3-5-11/h1-5,12,14H,6-10H2,(H,16,17). The Bertz CT molecular complexity index is 386. The van der Waals surface area contributed by atoms with Gasteiger partial charge in [0.05, 0.1) is 0 Å². The monoisotopic (exact) mass is 266 g/mol. The lowest BCUT2D eigenvalue weighted by Gasteiger charge is -2.33. The summed E-state index contributed by atoms with van der Waals surface area (Å²) in [6.07, 6.45) is 0. The Morgan fingerprint density at radius 2 is 2.22 bits per heavy atom. The van der Waals surface area contributed by atoms with E-state index < -0.39 is 5.97 Å². The minimum Gasteiger partial charge on any atom is -0.480 e. The van der Waals surface area contributed by atoms with Gasteiger partial charge in [0.1, 0.15) is 6.04 Å². The molecule has 1 heterocycles. The Kier molecular flexibility index (Phi) is 5.04. The summed E-state index contributed by atoms with van der Waals surface area (Å²) in [6, 6.07) is 9.82. The summed E-state index contributed by atoms with van der Waals surface area (Å²) in [4.78, 5) is 14.4. The molecule has 0 bridgehead atoms. The van der Waals surface area contributed by atoms with Gasteiger partial charge in [-0.3, -0.25) is 9.69 Å². The number of nitrogens with zero attached hydrogens (tertiary/aromatic N) is 1. The van der Waals surface area contributed by atoms with Crippen molar-refractivity contribution < 1.29 is 9.90 Å². The largest absolute Gasteiger partial charge is 0.480 e. The molecule has 0 radical (unpaired) electrons. The van der Waals surface area contributed by atoms with Crippen LogP contribution in [0.3, 0.4) is 0 Å². The highest BCUT2D eigenvalue weighted by Gasteiger charge is 2.27. The van der Waals surface area contributed by atoms with Crippen LogP contribution in [0.2, 0.25) is 0 Å². The Hall–Kier alpha value is -1.04. The van der Waals surface area contributed by atoms with Crippen molar-refractivity contribution in [1.82, 2.24) is 10.2 Å². The van der Waals surface area contributed by atoms with Crippen LogP contribution in [0, 0.1) is 0 Å². The van der Waals surface area contributed by atoms with Crippen LogP contribution < -0.4 is 5.32 Å². The third-order valence-corrected chi connectivity index (χ3v) is 4.02. The van der Waals surface area contributed by atoms with Crippen LogP contribution >= 0.6 is 11.8 Å². The predicted octanol–water partition coefficient (Wildman–Crippen LogP) is 1.14. The molecule has 1 fully saturated rings. The van der Waals surface area contributed by atoms with Crippen LogP contribution in [-0.4, -0.2) is 53.9 Å². The van der Waals surface area contributed by atoms with E-state index in [-0.39, 0.29) is 6.04 Å². The molecule has 1 saturated heterocycles. The highest BCUT2D eigenvalue weighted by Crippen LogP contribution is 2.17. The van der Waals surface area contributed by atoms with Gasteiger partial charge in [0.25, 0.3) is 0 Å². The predicted molar refractivity (Wildman–Crippen MR) is 73.0 cm³/mol. The lowest BCUT2D eigenvalue weighted by molar-refractivity contribution is -0.143. The SMILES string of the molecule is O=C(O)C1CNCCN1CCSc1ccccc1. The molecule has 98 valence electrons. The number of carbonyl (C=O) groups is 1. The van der Waals surface area contributed by atoms with Crippen molar-refractivity contribution in [1.29, 1.82) is 0 Å². The van der Waals surface area contributed by atoms with Crippen molar-refractivity contribution in [2.45, 2.75) is 10.9 Å². The number of hydrogen-bond donors (Lipinski definition) is 2. The molecule has 1 unspecified atom stereocenters. The van der Waals surface area contributed by atoms with Crippen LogP contribution in [-0.2, 0) is 4.79 Å². The Balaban J connectivity index is 1.79. The lowest BCUT2D eigenvalue weighted by Crippen LogP contribution is -2.55. The maximum Gasteiger partial charge on any atom is 0.322 e. The number of thioether (sulfide) groups is 1. The van der Waals surface area contributed by atoms with Crippen LogP contribution in [0.4, 0.5) is 0 Å². The van der Waals surface area contributed by atoms with E-state index in [2.05, 4.69) is 22.3 Å². The van der Waals surface area contributed by atoms with E-state index in [1.807, 2.05) is 18.2 Å². The van der Waals surface area contributed by atoms with Gasteiger partial charge in [-0.05, 0) is 12.1 Å². The summed E-state index contributed by atoms with van der Waals surface area (Å²) in [5, 5.41) is 12.3. The van der Waals surface area contributed by atoms with Gasteiger partial charge in [0.2, 0.25) is 0 Å². The van der Waals surface area contributed by atoms with Crippen molar-refractivity contribution >= 4 is 17.7 Å². The first-order valence-electron chi connectivity index (χ1n) is 6.13. The van der Waals surface area contributed by atoms with Crippen LogP contribution in [0.5, 0.6) is 0 Å². The van der Waals surface area contributed by atoms with Crippen LogP contribution in [0.1, 0.15) is 0 Å². The van der Waals surface area contributed by atoms with Gasteiger partial charge in [-0.15, -0.1) is 11.8 Å². The molecule has 1 aromatic carbocycles. The molecule has 1 aliphatic heterocycles. The molecule has 1 aromatic rings. The van der Waals surface area contributed by atoms with Gasteiger partial charge in [0.15, 0.2) is 0 Å². The van der Waals surface area contributed by atoms with Crippen molar-refractivity contribution in [2.75, 3.05) is 31.9 Å². The molecule has 0 saturated carbocycles. The second-order valence-corrected chi connectivity index (χ2v) is 5.42. The number of nitrogens with one attached hydrogen (secondary N) is 1. The van der Waals surface area contributed by atoms with E-state index in [1.165, 1.54) is 4.90 Å². The Morgan fingerprint density at radius 3 is 2.94 bits per heavy atom. The maximum absolute atomic E-state index is 11.1. The number of hydrogen-bond acceptors (Lipinski definition) is 4. The molecule has 2 N–H and O–H groups in total.